The molecule has 0 saturated carbocycles. The summed E-state index contributed by atoms with van der Waals surface area (Å²) >= 11 is 0. The number of nitrogens with zero attached hydrogens (tertiary/aromatic N) is 1. The van der Waals surface area contributed by atoms with Gasteiger partial charge in [-0.1, -0.05) is 13.8 Å². The van der Waals surface area contributed by atoms with Crippen LogP contribution in [0, 0.1) is 0 Å². The minimum Gasteiger partial charge on any atom is -0.427 e. The van der Waals surface area contributed by atoms with Crippen molar-refractivity contribution in [1.29, 1.82) is 0 Å². The summed E-state index contributed by atoms with van der Waals surface area (Å²) in [5.41, 5.74) is 12.7. The van der Waals surface area contributed by atoms with Crippen LogP contribution in [-0.4, -0.2) is 18.0 Å². The van der Waals surface area contributed by atoms with E-state index < -0.39 is 12.0 Å². The Morgan fingerprint density at radius 3 is 2.10 bits per heavy atom. The van der Waals surface area contributed by atoms with Gasteiger partial charge in [0.25, 0.3) is 0 Å². The first-order valence-electron chi connectivity index (χ1n) is 6.62. The van der Waals surface area contributed by atoms with E-state index in [1.165, 1.54) is 6.92 Å². The van der Waals surface area contributed by atoms with Gasteiger partial charge >= 0.3 is 12.0 Å². The number of rotatable bonds is 4. The maximum Gasteiger partial charge on any atom is 0.348 e. The van der Waals surface area contributed by atoms with Crippen LogP contribution in [0.15, 0.2) is 17.1 Å². The third-order valence-electron chi connectivity index (χ3n) is 2.76. The third-order valence-corrected chi connectivity index (χ3v) is 2.76. The van der Waals surface area contributed by atoms with Crippen LogP contribution in [0.3, 0.4) is 0 Å². The average molecular weight is 292 g/mol. The number of ether oxygens (including phenoxy) is 1. The summed E-state index contributed by atoms with van der Waals surface area (Å²) in [5.74, 6) is -0.243. The van der Waals surface area contributed by atoms with Crippen LogP contribution in [0.25, 0.3) is 0 Å². The van der Waals surface area contributed by atoms with Crippen LogP contribution >= 0.6 is 0 Å². The number of hydrogen-bond donors (Lipinski definition) is 3. The standard InChI is InChI=1S/C14H20N4O3/c1-4-9-6-11(21-8(3)19)7-10(5-2)12(9)17-14(20)18-13(15)16/h6-7H,4-5H2,1-3H3,(H5,15,16,17,18,20). The van der Waals surface area contributed by atoms with Crippen LogP contribution in [0.1, 0.15) is 31.9 Å². The van der Waals surface area contributed by atoms with Crippen LogP contribution < -0.4 is 21.5 Å². The van der Waals surface area contributed by atoms with Gasteiger partial charge in [-0.2, -0.15) is 4.99 Å². The summed E-state index contributed by atoms with van der Waals surface area (Å²) < 4.78 is 5.10. The number of carbonyl (C=O) groups is 2. The number of anilines is 1. The van der Waals surface area contributed by atoms with Crippen LogP contribution in [-0.2, 0) is 17.6 Å². The minimum absolute atomic E-state index is 0.305. The molecule has 0 aliphatic carbocycles. The second kappa shape index (κ2) is 7.28. The van der Waals surface area contributed by atoms with Crippen molar-refractivity contribution in [3.8, 4) is 5.75 Å². The Morgan fingerprint density at radius 2 is 1.71 bits per heavy atom. The summed E-state index contributed by atoms with van der Waals surface area (Å²) in [6.07, 6.45) is 1.30. The van der Waals surface area contributed by atoms with E-state index >= 15 is 0 Å². The molecule has 7 heteroatoms. The molecule has 0 bridgehead atoms. The van der Waals surface area contributed by atoms with Crippen molar-refractivity contribution < 1.29 is 14.3 Å². The molecule has 2 amide bonds. The molecular formula is C14H20N4O3. The van der Waals surface area contributed by atoms with Crippen molar-refractivity contribution in [2.75, 3.05) is 5.32 Å². The number of nitrogens with one attached hydrogen (secondary N) is 1. The highest BCUT2D eigenvalue weighted by Gasteiger charge is 2.13. The summed E-state index contributed by atoms with van der Waals surface area (Å²) in [4.78, 5) is 26.2. The molecule has 0 aliphatic rings. The molecule has 0 aliphatic heterocycles. The predicted octanol–water partition coefficient (Wildman–Crippen LogP) is 1.54. The highest BCUT2D eigenvalue weighted by Crippen LogP contribution is 2.29. The summed E-state index contributed by atoms with van der Waals surface area (Å²) in [5, 5.41) is 2.67. The lowest BCUT2D eigenvalue weighted by Gasteiger charge is -2.15. The Morgan fingerprint density at radius 1 is 1.19 bits per heavy atom. The maximum atomic E-state index is 11.7. The summed E-state index contributed by atoms with van der Waals surface area (Å²) in [6.45, 7) is 5.21. The summed E-state index contributed by atoms with van der Waals surface area (Å²) in [6, 6.07) is 2.79. The Bertz CT molecular complexity index is 553. The minimum atomic E-state index is -0.639. The van der Waals surface area contributed by atoms with Gasteiger partial charge < -0.3 is 21.5 Å². The first kappa shape index (κ1) is 16.5. The van der Waals surface area contributed by atoms with Gasteiger partial charge in [-0.3, -0.25) is 4.79 Å². The number of amides is 2. The van der Waals surface area contributed by atoms with E-state index in [0.29, 0.717) is 24.3 Å². The van der Waals surface area contributed by atoms with Gasteiger partial charge in [-0.15, -0.1) is 0 Å². The molecule has 0 atom stereocenters. The van der Waals surface area contributed by atoms with Crippen molar-refractivity contribution >= 4 is 23.6 Å². The Kier molecular flexibility index (Phi) is 5.71. The number of guanidine groups is 1. The average Bonchev–Trinajstić information content (AvgIpc) is 2.38. The SMILES string of the molecule is CCc1cc(OC(C)=O)cc(CC)c1NC(=O)N=C(N)N. The second-order valence-corrected chi connectivity index (χ2v) is 4.38. The highest BCUT2D eigenvalue weighted by molar-refractivity contribution is 5.99. The van der Waals surface area contributed by atoms with E-state index in [1.807, 2.05) is 13.8 Å². The van der Waals surface area contributed by atoms with Crippen molar-refractivity contribution in [3.63, 3.8) is 0 Å². The number of esters is 1. The summed E-state index contributed by atoms with van der Waals surface area (Å²) in [7, 11) is 0. The van der Waals surface area contributed by atoms with Gasteiger partial charge in [0.05, 0.1) is 0 Å². The van der Waals surface area contributed by atoms with Crippen LogP contribution in [0.2, 0.25) is 0 Å². The fourth-order valence-corrected chi connectivity index (χ4v) is 1.93. The lowest BCUT2D eigenvalue weighted by Crippen LogP contribution is -2.25. The van der Waals surface area contributed by atoms with Crippen LogP contribution in [0.5, 0.6) is 5.75 Å². The van der Waals surface area contributed by atoms with Crippen LogP contribution in [0.4, 0.5) is 10.5 Å². The molecule has 114 valence electrons. The fourth-order valence-electron chi connectivity index (χ4n) is 1.93. The number of carbonyl (C=O) groups excluding carboxylic acids is 2. The maximum absolute atomic E-state index is 11.7. The van der Waals surface area contributed by atoms with Crippen molar-refractivity contribution in [2.45, 2.75) is 33.6 Å². The third kappa shape index (κ3) is 4.79. The van der Waals surface area contributed by atoms with Gasteiger partial charge in [0.1, 0.15) is 5.75 Å². The molecule has 0 heterocycles. The first-order chi connectivity index (χ1) is 9.87. The van der Waals surface area contributed by atoms with E-state index in [1.54, 1.807) is 12.1 Å². The Hall–Kier alpha value is -2.57. The zero-order chi connectivity index (χ0) is 16.0. The van der Waals surface area contributed by atoms with E-state index in [9.17, 15) is 9.59 Å². The van der Waals surface area contributed by atoms with Crippen molar-refractivity contribution in [2.24, 2.45) is 16.5 Å². The van der Waals surface area contributed by atoms with Gasteiger partial charge in [-0.25, -0.2) is 4.79 Å². The van der Waals surface area contributed by atoms with E-state index in [0.717, 1.165) is 11.1 Å². The lowest BCUT2D eigenvalue weighted by molar-refractivity contribution is -0.131. The molecule has 1 aromatic rings. The molecule has 21 heavy (non-hydrogen) atoms. The number of hydrogen-bond acceptors (Lipinski definition) is 3. The molecule has 0 spiro atoms. The molecule has 7 nitrogen and oxygen atoms in total. The number of nitrogens with two attached hydrogens (primary N) is 2. The quantitative estimate of drug-likeness (QED) is 0.336. The molecule has 0 aromatic heterocycles. The lowest BCUT2D eigenvalue weighted by atomic mass is 10.0. The zero-order valence-electron chi connectivity index (χ0n) is 12.4. The largest absolute Gasteiger partial charge is 0.427 e. The number of benzene rings is 1. The number of aliphatic imine (C=N–C) groups is 1. The normalized spacial score (nSPS) is 9.86. The molecule has 0 saturated heterocycles. The molecule has 1 aromatic carbocycles. The fraction of sp³-hybridized carbons (Fsp3) is 0.357. The van der Waals surface area contributed by atoms with E-state index in [2.05, 4.69) is 10.3 Å². The van der Waals surface area contributed by atoms with Gasteiger partial charge in [0.2, 0.25) is 0 Å². The smallest absolute Gasteiger partial charge is 0.348 e. The monoisotopic (exact) mass is 292 g/mol. The zero-order valence-corrected chi connectivity index (χ0v) is 12.4. The van der Waals surface area contributed by atoms with Crippen molar-refractivity contribution in [1.82, 2.24) is 0 Å². The topological polar surface area (TPSA) is 120 Å². The molecule has 1 rings (SSSR count). The molecule has 0 fully saturated rings. The number of aryl methyl sites for hydroxylation is 2. The molecule has 0 radical (unpaired) electrons. The molecule has 5 N–H and O–H groups in total. The van der Waals surface area contributed by atoms with E-state index in [4.69, 9.17) is 16.2 Å². The highest BCUT2D eigenvalue weighted by atomic mass is 16.5. The van der Waals surface area contributed by atoms with Gasteiger partial charge in [-0.05, 0) is 36.1 Å². The second-order valence-electron chi connectivity index (χ2n) is 4.38. The van der Waals surface area contributed by atoms with Crippen molar-refractivity contribution in [3.05, 3.63) is 23.3 Å². The predicted molar refractivity (Wildman–Crippen MR) is 81.3 cm³/mol. The Labute approximate surface area is 123 Å². The Balaban J connectivity index is 3.20. The molecular weight excluding hydrogens is 272 g/mol. The first-order valence-corrected chi connectivity index (χ1v) is 6.62. The van der Waals surface area contributed by atoms with Gasteiger partial charge in [0.15, 0.2) is 5.96 Å². The number of urea groups is 1. The van der Waals surface area contributed by atoms with E-state index in [-0.39, 0.29) is 5.96 Å². The van der Waals surface area contributed by atoms with Gasteiger partial charge in [0, 0.05) is 12.6 Å². The molecule has 0 unspecified atom stereocenters.